The van der Waals surface area contributed by atoms with Crippen LogP contribution in [0.15, 0.2) is 66.0 Å². The predicted molar refractivity (Wildman–Crippen MR) is 85.4 cm³/mol. The van der Waals surface area contributed by atoms with Gasteiger partial charge in [-0.3, -0.25) is 9.78 Å². The molecule has 0 bridgehead atoms. The number of pyridine rings is 1. The van der Waals surface area contributed by atoms with Gasteiger partial charge in [0.15, 0.2) is 0 Å². The Balaban J connectivity index is 1.81. The molecule has 0 aliphatic heterocycles. The Hall–Kier alpha value is -3.21. The lowest BCUT2D eigenvalue weighted by Crippen LogP contribution is -2.04. The summed E-state index contributed by atoms with van der Waals surface area (Å²) in [5.41, 5.74) is 4.70. The second-order valence-electron chi connectivity index (χ2n) is 5.02. The molecule has 0 saturated heterocycles. The summed E-state index contributed by atoms with van der Waals surface area (Å²) >= 11 is 0. The van der Waals surface area contributed by atoms with E-state index in [0.29, 0.717) is 0 Å². The van der Waals surface area contributed by atoms with Gasteiger partial charge >= 0.3 is 0 Å². The smallest absolute Gasteiger partial charge is 0.266 e. The Morgan fingerprint density at radius 1 is 0.955 bits per heavy atom. The fraction of sp³-hybridized carbons (Fsp3) is 0. The van der Waals surface area contributed by atoms with Crippen LogP contribution >= 0.6 is 0 Å². The summed E-state index contributed by atoms with van der Waals surface area (Å²) < 4.78 is 0. The summed E-state index contributed by atoms with van der Waals surface area (Å²) in [6.45, 7) is 0. The first-order valence-corrected chi connectivity index (χ1v) is 6.88. The molecule has 4 aromatic rings. The lowest BCUT2D eigenvalue weighted by atomic mass is 10.1. The van der Waals surface area contributed by atoms with Crippen molar-refractivity contribution in [2.24, 2.45) is 0 Å². The van der Waals surface area contributed by atoms with Gasteiger partial charge in [-0.25, -0.2) is 4.98 Å². The summed E-state index contributed by atoms with van der Waals surface area (Å²) in [7, 11) is 0. The van der Waals surface area contributed by atoms with Crippen LogP contribution < -0.4 is 5.56 Å². The van der Waals surface area contributed by atoms with E-state index in [1.807, 2.05) is 24.3 Å². The van der Waals surface area contributed by atoms with E-state index in [4.69, 9.17) is 0 Å². The minimum absolute atomic E-state index is 0.202. The highest BCUT2D eigenvalue weighted by atomic mass is 16.1. The number of aromatic amines is 2. The predicted octanol–water partition coefficient (Wildman–Crippen LogP) is 2.98. The number of nitrogens with one attached hydrogen (secondary N) is 2. The zero-order valence-corrected chi connectivity index (χ0v) is 11.6. The van der Waals surface area contributed by atoms with Gasteiger partial charge in [0, 0.05) is 46.3 Å². The summed E-state index contributed by atoms with van der Waals surface area (Å²) in [4.78, 5) is 25.3. The fourth-order valence-corrected chi connectivity index (χ4v) is 2.48. The van der Waals surface area contributed by atoms with E-state index in [0.717, 1.165) is 33.4 Å². The molecule has 3 aromatic heterocycles. The van der Waals surface area contributed by atoms with Crippen LogP contribution in [-0.4, -0.2) is 19.9 Å². The highest BCUT2D eigenvalue weighted by Crippen LogP contribution is 2.27. The number of rotatable bonds is 2. The van der Waals surface area contributed by atoms with Crippen molar-refractivity contribution in [2.45, 2.75) is 0 Å². The largest absolute Gasteiger partial charge is 0.355 e. The normalized spacial score (nSPS) is 10.9. The molecule has 5 nitrogen and oxygen atoms in total. The summed E-state index contributed by atoms with van der Waals surface area (Å²) in [5, 5.41) is 1.09. The molecule has 2 N–H and O–H groups in total. The van der Waals surface area contributed by atoms with Gasteiger partial charge in [0.05, 0.1) is 11.9 Å². The molecule has 0 unspecified atom stereocenters. The van der Waals surface area contributed by atoms with Crippen LogP contribution in [0, 0.1) is 0 Å². The van der Waals surface area contributed by atoms with E-state index in [-0.39, 0.29) is 5.56 Å². The topological polar surface area (TPSA) is 74.4 Å². The van der Waals surface area contributed by atoms with E-state index in [9.17, 15) is 4.79 Å². The number of aromatic nitrogens is 4. The molecule has 106 valence electrons. The molecule has 0 radical (unpaired) electrons. The Kier molecular flexibility index (Phi) is 2.83. The highest BCUT2D eigenvalue weighted by molar-refractivity contribution is 5.89. The first-order valence-electron chi connectivity index (χ1n) is 6.88. The number of benzene rings is 1. The number of hydrogen-bond acceptors (Lipinski definition) is 3. The quantitative estimate of drug-likeness (QED) is 0.595. The molecule has 22 heavy (non-hydrogen) atoms. The molecule has 0 atom stereocenters. The molecule has 0 spiro atoms. The Morgan fingerprint density at radius 3 is 2.59 bits per heavy atom. The maximum absolute atomic E-state index is 11.1. The molecule has 4 rings (SSSR count). The standard InChI is InChI=1S/C17H12N4O/c22-17-10-19-16(9-20-17)12-1-2-14-13(7-12)8-15(21-14)11-3-5-18-6-4-11/h1-10,21H,(H,20,22). The number of fused-ring (bicyclic) bond motifs is 1. The lowest BCUT2D eigenvalue weighted by Gasteiger charge is -1.99. The first kappa shape index (κ1) is 12.5. The van der Waals surface area contributed by atoms with Crippen molar-refractivity contribution in [3.8, 4) is 22.5 Å². The van der Waals surface area contributed by atoms with E-state index < -0.39 is 0 Å². The van der Waals surface area contributed by atoms with E-state index in [2.05, 4.69) is 32.1 Å². The molecule has 0 aliphatic rings. The van der Waals surface area contributed by atoms with Crippen molar-refractivity contribution in [3.05, 3.63) is 71.5 Å². The lowest BCUT2D eigenvalue weighted by molar-refractivity contribution is 1.14. The van der Waals surface area contributed by atoms with Crippen LogP contribution in [0.4, 0.5) is 0 Å². The fourth-order valence-electron chi connectivity index (χ4n) is 2.48. The zero-order chi connectivity index (χ0) is 14.9. The van der Waals surface area contributed by atoms with Crippen LogP contribution in [0.3, 0.4) is 0 Å². The molecular formula is C17H12N4O. The minimum atomic E-state index is -0.202. The van der Waals surface area contributed by atoms with Crippen molar-refractivity contribution in [1.82, 2.24) is 19.9 Å². The third-order valence-corrected chi connectivity index (χ3v) is 3.58. The third kappa shape index (κ3) is 2.18. The van der Waals surface area contributed by atoms with Crippen molar-refractivity contribution >= 4 is 10.9 Å². The average Bonchev–Trinajstić information content (AvgIpc) is 2.99. The van der Waals surface area contributed by atoms with Gasteiger partial charge in [-0.1, -0.05) is 6.07 Å². The maximum Gasteiger partial charge on any atom is 0.266 e. The Labute approximate surface area is 125 Å². The molecule has 1 aromatic carbocycles. The Bertz CT molecular complexity index is 982. The highest BCUT2D eigenvalue weighted by Gasteiger charge is 2.06. The second-order valence-corrected chi connectivity index (χ2v) is 5.02. The van der Waals surface area contributed by atoms with Crippen molar-refractivity contribution in [1.29, 1.82) is 0 Å². The van der Waals surface area contributed by atoms with Crippen LogP contribution in [0.25, 0.3) is 33.4 Å². The van der Waals surface area contributed by atoms with E-state index in [1.54, 1.807) is 18.6 Å². The van der Waals surface area contributed by atoms with Crippen LogP contribution in [-0.2, 0) is 0 Å². The van der Waals surface area contributed by atoms with Gasteiger partial charge in [-0.15, -0.1) is 0 Å². The molecule has 0 aliphatic carbocycles. The van der Waals surface area contributed by atoms with Gasteiger partial charge in [0.2, 0.25) is 0 Å². The monoisotopic (exact) mass is 288 g/mol. The number of nitrogens with zero attached hydrogens (tertiary/aromatic N) is 2. The summed E-state index contributed by atoms with van der Waals surface area (Å²) in [6.07, 6.45) is 6.46. The molecule has 5 heteroatoms. The summed E-state index contributed by atoms with van der Waals surface area (Å²) in [6, 6.07) is 12.1. The number of H-pyrrole nitrogens is 2. The van der Waals surface area contributed by atoms with Crippen molar-refractivity contribution in [2.75, 3.05) is 0 Å². The molecule has 0 fully saturated rings. The number of hydrogen-bond donors (Lipinski definition) is 2. The molecular weight excluding hydrogens is 276 g/mol. The second kappa shape index (κ2) is 4.96. The first-order chi connectivity index (χ1) is 10.8. The maximum atomic E-state index is 11.1. The minimum Gasteiger partial charge on any atom is -0.355 e. The SMILES string of the molecule is O=c1cnc(-c2ccc3[nH]c(-c4ccncc4)cc3c2)c[nH]1. The third-order valence-electron chi connectivity index (χ3n) is 3.58. The van der Waals surface area contributed by atoms with Gasteiger partial charge in [0.25, 0.3) is 5.56 Å². The summed E-state index contributed by atoms with van der Waals surface area (Å²) in [5.74, 6) is 0. The van der Waals surface area contributed by atoms with Crippen molar-refractivity contribution < 1.29 is 0 Å². The van der Waals surface area contributed by atoms with E-state index in [1.165, 1.54) is 6.20 Å². The molecule has 0 saturated carbocycles. The average molecular weight is 288 g/mol. The van der Waals surface area contributed by atoms with Gasteiger partial charge in [-0.05, 0) is 30.3 Å². The van der Waals surface area contributed by atoms with Gasteiger partial charge in [0.1, 0.15) is 0 Å². The van der Waals surface area contributed by atoms with E-state index >= 15 is 0 Å². The van der Waals surface area contributed by atoms with Gasteiger partial charge < -0.3 is 9.97 Å². The molecule has 0 amide bonds. The van der Waals surface area contributed by atoms with Crippen LogP contribution in [0.5, 0.6) is 0 Å². The van der Waals surface area contributed by atoms with Gasteiger partial charge in [-0.2, -0.15) is 0 Å². The molecule has 3 heterocycles. The van der Waals surface area contributed by atoms with Crippen LogP contribution in [0.1, 0.15) is 0 Å². The van der Waals surface area contributed by atoms with Crippen LogP contribution in [0.2, 0.25) is 0 Å². The zero-order valence-electron chi connectivity index (χ0n) is 11.6. The Morgan fingerprint density at radius 2 is 1.82 bits per heavy atom. The van der Waals surface area contributed by atoms with Crippen molar-refractivity contribution in [3.63, 3.8) is 0 Å².